The zero-order valence-electron chi connectivity index (χ0n) is 13.8. The van der Waals surface area contributed by atoms with Crippen molar-refractivity contribution in [1.29, 1.82) is 0 Å². The van der Waals surface area contributed by atoms with Gasteiger partial charge in [-0.1, -0.05) is 13.3 Å². The van der Waals surface area contributed by atoms with Crippen LogP contribution in [0.4, 0.5) is 0 Å². The Morgan fingerprint density at radius 2 is 1.55 bits per heavy atom. The molecule has 4 bridgehead atoms. The lowest BCUT2D eigenvalue weighted by molar-refractivity contribution is -0.146. The Balaban J connectivity index is 1.43. The van der Waals surface area contributed by atoms with Crippen LogP contribution >= 0.6 is 0 Å². The standard InChI is InChI=1S/C18H30N2O2/c1-2-3-5-19-16(21)4-6-20-17(22)18-10-13-7-14(11-18)9-15(8-13)12-18/h13-15H,2-12H2,1H3,(H,19,21)(H,20,22). The summed E-state index contributed by atoms with van der Waals surface area (Å²) in [6.45, 7) is 3.34. The molecule has 22 heavy (non-hydrogen) atoms. The molecule has 2 amide bonds. The number of carbonyl (C=O) groups is 2. The van der Waals surface area contributed by atoms with E-state index in [-0.39, 0.29) is 17.2 Å². The lowest BCUT2D eigenvalue weighted by Gasteiger charge is -2.55. The van der Waals surface area contributed by atoms with E-state index in [1.165, 1.54) is 19.3 Å². The quantitative estimate of drug-likeness (QED) is 0.710. The van der Waals surface area contributed by atoms with Crippen molar-refractivity contribution in [2.75, 3.05) is 13.1 Å². The predicted molar refractivity (Wildman–Crippen MR) is 86.1 cm³/mol. The van der Waals surface area contributed by atoms with E-state index in [1.807, 2.05) is 0 Å². The van der Waals surface area contributed by atoms with Crippen molar-refractivity contribution in [3.05, 3.63) is 0 Å². The van der Waals surface area contributed by atoms with Crippen molar-refractivity contribution >= 4 is 11.8 Å². The van der Waals surface area contributed by atoms with Crippen molar-refractivity contribution in [1.82, 2.24) is 10.6 Å². The maximum Gasteiger partial charge on any atom is 0.226 e. The van der Waals surface area contributed by atoms with Gasteiger partial charge in [-0.3, -0.25) is 9.59 Å². The molecular weight excluding hydrogens is 276 g/mol. The third kappa shape index (κ3) is 3.31. The Bertz CT molecular complexity index is 398. The van der Waals surface area contributed by atoms with E-state index in [4.69, 9.17) is 0 Å². The van der Waals surface area contributed by atoms with Gasteiger partial charge in [-0.05, 0) is 62.7 Å². The van der Waals surface area contributed by atoms with Gasteiger partial charge in [-0.15, -0.1) is 0 Å². The van der Waals surface area contributed by atoms with Crippen molar-refractivity contribution in [2.45, 2.75) is 64.7 Å². The third-order valence-electron chi connectivity index (χ3n) is 6.01. The Labute approximate surface area is 133 Å². The summed E-state index contributed by atoms with van der Waals surface area (Å²) in [6, 6.07) is 0. The maximum atomic E-state index is 12.7. The number of amides is 2. The van der Waals surface area contributed by atoms with E-state index >= 15 is 0 Å². The Hall–Kier alpha value is -1.06. The molecule has 0 saturated heterocycles. The van der Waals surface area contributed by atoms with Gasteiger partial charge in [0.15, 0.2) is 0 Å². The largest absolute Gasteiger partial charge is 0.356 e. The molecule has 124 valence electrons. The SMILES string of the molecule is CCCCNC(=O)CCNC(=O)C12CC3CC(CC(C3)C1)C2. The smallest absolute Gasteiger partial charge is 0.226 e. The molecule has 0 radical (unpaired) electrons. The lowest BCUT2D eigenvalue weighted by Crippen LogP contribution is -2.53. The van der Waals surface area contributed by atoms with Crippen LogP contribution in [0.5, 0.6) is 0 Å². The van der Waals surface area contributed by atoms with Gasteiger partial charge in [0.05, 0.1) is 0 Å². The molecule has 0 aromatic rings. The van der Waals surface area contributed by atoms with E-state index in [9.17, 15) is 9.59 Å². The van der Waals surface area contributed by atoms with Crippen molar-refractivity contribution in [3.8, 4) is 0 Å². The van der Waals surface area contributed by atoms with E-state index in [0.29, 0.717) is 13.0 Å². The summed E-state index contributed by atoms with van der Waals surface area (Å²) < 4.78 is 0. The van der Waals surface area contributed by atoms with E-state index in [2.05, 4.69) is 17.6 Å². The van der Waals surface area contributed by atoms with Crippen LogP contribution in [-0.4, -0.2) is 24.9 Å². The molecule has 0 heterocycles. The number of unbranched alkanes of at least 4 members (excludes halogenated alkanes) is 1. The summed E-state index contributed by atoms with van der Waals surface area (Å²) in [5, 5.41) is 5.96. The van der Waals surface area contributed by atoms with E-state index in [0.717, 1.165) is 56.4 Å². The zero-order valence-corrected chi connectivity index (χ0v) is 13.8. The second-order valence-corrected chi connectivity index (χ2v) is 7.91. The van der Waals surface area contributed by atoms with Gasteiger partial charge in [0.25, 0.3) is 0 Å². The molecule has 4 nitrogen and oxygen atoms in total. The third-order valence-corrected chi connectivity index (χ3v) is 6.01. The number of hydrogen-bond donors (Lipinski definition) is 2. The topological polar surface area (TPSA) is 58.2 Å². The zero-order chi connectivity index (χ0) is 15.6. The molecule has 0 aliphatic heterocycles. The monoisotopic (exact) mass is 306 g/mol. The lowest BCUT2D eigenvalue weighted by atomic mass is 9.49. The van der Waals surface area contributed by atoms with Gasteiger partial charge in [0.2, 0.25) is 11.8 Å². The molecule has 0 aromatic heterocycles. The Morgan fingerprint density at radius 1 is 0.955 bits per heavy atom. The molecule has 0 spiro atoms. The van der Waals surface area contributed by atoms with E-state index < -0.39 is 0 Å². The van der Waals surface area contributed by atoms with Gasteiger partial charge in [0.1, 0.15) is 0 Å². The van der Waals surface area contributed by atoms with Crippen LogP contribution < -0.4 is 10.6 Å². The fourth-order valence-corrected chi connectivity index (χ4v) is 5.36. The molecule has 0 atom stereocenters. The summed E-state index contributed by atoms with van der Waals surface area (Å²) in [7, 11) is 0. The molecular formula is C18H30N2O2. The summed E-state index contributed by atoms with van der Waals surface area (Å²) >= 11 is 0. The number of hydrogen-bond acceptors (Lipinski definition) is 2. The number of nitrogens with one attached hydrogen (secondary N) is 2. The molecule has 4 heteroatoms. The second-order valence-electron chi connectivity index (χ2n) is 7.91. The number of rotatable bonds is 7. The Kier molecular flexibility index (Phi) is 4.74. The minimum atomic E-state index is -0.0898. The van der Waals surface area contributed by atoms with Crippen molar-refractivity contribution in [3.63, 3.8) is 0 Å². The van der Waals surface area contributed by atoms with Crippen molar-refractivity contribution in [2.24, 2.45) is 23.2 Å². The van der Waals surface area contributed by atoms with Crippen LogP contribution in [-0.2, 0) is 9.59 Å². The van der Waals surface area contributed by atoms with Gasteiger partial charge in [-0.25, -0.2) is 0 Å². The average Bonchev–Trinajstić information content (AvgIpc) is 2.46. The highest BCUT2D eigenvalue weighted by molar-refractivity contribution is 5.84. The van der Waals surface area contributed by atoms with Crippen LogP contribution in [0.3, 0.4) is 0 Å². The molecule has 0 unspecified atom stereocenters. The normalized spacial score (nSPS) is 35.4. The summed E-state index contributed by atoms with van der Waals surface area (Å²) in [6.07, 6.45) is 9.84. The fourth-order valence-electron chi connectivity index (χ4n) is 5.36. The second kappa shape index (κ2) is 6.59. The van der Waals surface area contributed by atoms with Crippen molar-refractivity contribution < 1.29 is 9.59 Å². The van der Waals surface area contributed by atoms with Gasteiger partial charge < -0.3 is 10.6 Å². The first kappa shape index (κ1) is 15.8. The molecule has 4 saturated carbocycles. The maximum absolute atomic E-state index is 12.7. The van der Waals surface area contributed by atoms with Crippen LogP contribution in [0.25, 0.3) is 0 Å². The highest BCUT2D eigenvalue weighted by Gasteiger charge is 2.54. The van der Waals surface area contributed by atoms with Gasteiger partial charge >= 0.3 is 0 Å². The minimum Gasteiger partial charge on any atom is -0.356 e. The van der Waals surface area contributed by atoms with Gasteiger partial charge in [0, 0.05) is 24.9 Å². The van der Waals surface area contributed by atoms with E-state index in [1.54, 1.807) is 0 Å². The fraction of sp³-hybridized carbons (Fsp3) is 0.889. The summed E-state index contributed by atoms with van der Waals surface area (Å²) in [5.41, 5.74) is -0.0898. The molecule has 2 N–H and O–H groups in total. The van der Waals surface area contributed by atoms with Crippen LogP contribution in [0.2, 0.25) is 0 Å². The highest BCUT2D eigenvalue weighted by Crippen LogP contribution is 2.60. The summed E-state index contributed by atoms with van der Waals surface area (Å²) in [5.74, 6) is 2.64. The van der Waals surface area contributed by atoms with Crippen LogP contribution in [0.1, 0.15) is 64.7 Å². The molecule has 4 rings (SSSR count). The highest BCUT2D eigenvalue weighted by atomic mass is 16.2. The average molecular weight is 306 g/mol. The first-order valence-corrected chi connectivity index (χ1v) is 9.16. The first-order chi connectivity index (χ1) is 10.6. The molecule has 4 fully saturated rings. The predicted octanol–water partition coefficient (Wildman–Crippen LogP) is 2.63. The number of carbonyl (C=O) groups excluding carboxylic acids is 2. The molecule has 4 aliphatic rings. The molecule has 0 aromatic carbocycles. The van der Waals surface area contributed by atoms with Crippen LogP contribution in [0, 0.1) is 23.2 Å². The van der Waals surface area contributed by atoms with Crippen LogP contribution in [0.15, 0.2) is 0 Å². The summed E-state index contributed by atoms with van der Waals surface area (Å²) in [4.78, 5) is 24.4. The Morgan fingerprint density at radius 3 is 2.09 bits per heavy atom. The molecule has 4 aliphatic carbocycles. The first-order valence-electron chi connectivity index (χ1n) is 9.16. The minimum absolute atomic E-state index is 0.0549. The van der Waals surface area contributed by atoms with Gasteiger partial charge in [-0.2, -0.15) is 0 Å².